The number of carbonyl (C=O) groups excluding carboxylic acids is 1. The Kier molecular flexibility index (Phi) is 9.20. The molecule has 0 spiro atoms. The zero-order valence-corrected chi connectivity index (χ0v) is 22.5. The average molecular weight is 497 g/mol. The fourth-order valence-electron chi connectivity index (χ4n) is 3.67. The van der Waals surface area contributed by atoms with Crippen molar-refractivity contribution in [2.24, 2.45) is 5.92 Å². The lowest BCUT2D eigenvalue weighted by Gasteiger charge is -2.18. The van der Waals surface area contributed by atoms with Crippen LogP contribution in [0, 0.1) is 12.8 Å². The first-order valence-electron chi connectivity index (χ1n) is 11.9. The predicted octanol–water partition coefficient (Wildman–Crippen LogP) is 6.25. The fraction of sp³-hybridized carbons (Fsp3) is 0.444. The Labute approximate surface area is 212 Å². The summed E-state index contributed by atoms with van der Waals surface area (Å²) in [5.41, 5.74) is 2.98. The van der Waals surface area contributed by atoms with Gasteiger partial charge >= 0.3 is 0 Å². The van der Waals surface area contributed by atoms with E-state index in [-0.39, 0.29) is 17.8 Å². The minimum Gasteiger partial charge on any atom is -0.495 e. The van der Waals surface area contributed by atoms with Crippen LogP contribution >= 0.6 is 11.8 Å². The van der Waals surface area contributed by atoms with E-state index in [2.05, 4.69) is 59.9 Å². The summed E-state index contributed by atoms with van der Waals surface area (Å²) >= 11 is 1.36. The van der Waals surface area contributed by atoms with Crippen molar-refractivity contribution in [3.63, 3.8) is 0 Å². The number of rotatable bonds is 11. The largest absolute Gasteiger partial charge is 0.495 e. The maximum atomic E-state index is 12.7. The lowest BCUT2D eigenvalue weighted by Crippen LogP contribution is -2.17. The second-order valence-corrected chi connectivity index (χ2v) is 10.3. The molecule has 0 bridgehead atoms. The normalized spacial score (nSPS) is 12.1. The van der Waals surface area contributed by atoms with Gasteiger partial charge < -0.3 is 19.4 Å². The summed E-state index contributed by atoms with van der Waals surface area (Å²) in [7, 11) is 1.59. The third-order valence-corrected chi connectivity index (χ3v) is 6.44. The third kappa shape index (κ3) is 7.24. The number of nitrogens with zero attached hydrogens (tertiary/aromatic N) is 3. The highest BCUT2D eigenvalue weighted by atomic mass is 32.2. The molecule has 3 rings (SSSR count). The van der Waals surface area contributed by atoms with Crippen molar-refractivity contribution in [3.05, 3.63) is 59.4 Å². The molecular formula is C27H36N4O3S. The number of hydrogen-bond acceptors (Lipinski definition) is 6. The van der Waals surface area contributed by atoms with E-state index in [1.54, 1.807) is 7.11 Å². The molecule has 0 aliphatic heterocycles. The Balaban J connectivity index is 1.70. The first-order valence-corrected chi connectivity index (χ1v) is 12.9. The monoisotopic (exact) mass is 496 g/mol. The van der Waals surface area contributed by atoms with Crippen molar-refractivity contribution < 1.29 is 14.3 Å². The first-order chi connectivity index (χ1) is 16.7. The van der Waals surface area contributed by atoms with Crippen molar-refractivity contribution in [2.45, 2.75) is 65.3 Å². The van der Waals surface area contributed by atoms with Crippen LogP contribution in [0.4, 0.5) is 5.69 Å². The number of ether oxygens (including phenoxy) is 2. The van der Waals surface area contributed by atoms with Crippen LogP contribution in [0.3, 0.4) is 0 Å². The Bertz CT molecular complexity index is 1130. The first kappa shape index (κ1) is 26.6. The molecule has 2 aromatic carbocycles. The molecular weight excluding hydrogens is 460 g/mol. The summed E-state index contributed by atoms with van der Waals surface area (Å²) in [4.78, 5) is 12.7. The van der Waals surface area contributed by atoms with Crippen molar-refractivity contribution in [1.29, 1.82) is 0 Å². The van der Waals surface area contributed by atoms with Gasteiger partial charge in [0.15, 0.2) is 17.1 Å². The van der Waals surface area contributed by atoms with Crippen LogP contribution in [0.25, 0.3) is 0 Å². The highest BCUT2D eigenvalue weighted by Crippen LogP contribution is 2.28. The van der Waals surface area contributed by atoms with Crippen molar-refractivity contribution in [1.82, 2.24) is 14.8 Å². The van der Waals surface area contributed by atoms with Crippen LogP contribution in [-0.2, 0) is 11.3 Å². The van der Waals surface area contributed by atoms with Gasteiger partial charge in [-0.15, -0.1) is 10.2 Å². The van der Waals surface area contributed by atoms with Gasteiger partial charge in [0.05, 0.1) is 18.6 Å². The minimum absolute atomic E-state index is 0.130. The molecule has 1 N–H and O–H groups in total. The van der Waals surface area contributed by atoms with E-state index < -0.39 is 0 Å². The highest BCUT2D eigenvalue weighted by Gasteiger charge is 2.21. The van der Waals surface area contributed by atoms with E-state index in [4.69, 9.17) is 9.47 Å². The summed E-state index contributed by atoms with van der Waals surface area (Å²) < 4.78 is 13.6. The number of thioether (sulfide) groups is 1. The molecule has 188 valence electrons. The molecule has 0 radical (unpaired) electrons. The summed E-state index contributed by atoms with van der Waals surface area (Å²) in [5, 5.41) is 12.5. The number of benzene rings is 2. The molecule has 1 aromatic heterocycles. The number of carbonyl (C=O) groups is 1. The van der Waals surface area contributed by atoms with Gasteiger partial charge in [0.25, 0.3) is 0 Å². The molecule has 8 heteroatoms. The second-order valence-electron chi connectivity index (χ2n) is 9.37. The molecule has 0 fully saturated rings. The van der Waals surface area contributed by atoms with Gasteiger partial charge in [0, 0.05) is 6.54 Å². The topological polar surface area (TPSA) is 78.3 Å². The maximum absolute atomic E-state index is 12.7. The van der Waals surface area contributed by atoms with E-state index >= 15 is 0 Å². The van der Waals surface area contributed by atoms with E-state index in [1.165, 1.54) is 17.3 Å². The molecule has 35 heavy (non-hydrogen) atoms. The number of nitrogens with one attached hydrogen (secondary N) is 1. The zero-order valence-electron chi connectivity index (χ0n) is 21.7. The molecule has 0 aliphatic rings. The van der Waals surface area contributed by atoms with Crippen LogP contribution in [0.1, 0.15) is 63.6 Å². The van der Waals surface area contributed by atoms with Crippen molar-refractivity contribution in [2.75, 3.05) is 18.2 Å². The molecule has 3 aromatic rings. The maximum Gasteiger partial charge on any atom is 0.234 e. The SMILES string of the molecule is COc1ccc(C)cc1NC(=O)CSc1nnc(C(C)Oc2ccc(C(C)C)cc2)n1CC(C)C. The Morgan fingerprint density at radius 3 is 2.40 bits per heavy atom. The number of hydrogen-bond donors (Lipinski definition) is 1. The van der Waals surface area contributed by atoms with E-state index in [0.29, 0.717) is 28.4 Å². The van der Waals surface area contributed by atoms with Gasteiger partial charge in [-0.25, -0.2) is 0 Å². The second kappa shape index (κ2) is 12.1. The van der Waals surface area contributed by atoms with Gasteiger partial charge in [-0.2, -0.15) is 0 Å². The molecule has 0 saturated heterocycles. The summed E-state index contributed by atoms with van der Waals surface area (Å²) in [6.45, 7) is 13.3. The zero-order chi connectivity index (χ0) is 25.5. The van der Waals surface area contributed by atoms with Crippen LogP contribution in [0.15, 0.2) is 47.6 Å². The van der Waals surface area contributed by atoms with Crippen molar-refractivity contribution >= 4 is 23.4 Å². The van der Waals surface area contributed by atoms with Gasteiger partial charge in [-0.1, -0.05) is 57.7 Å². The quantitative estimate of drug-likeness (QED) is 0.316. The van der Waals surface area contributed by atoms with E-state index in [1.807, 2.05) is 44.2 Å². The number of amides is 1. The molecule has 1 atom stereocenters. The number of anilines is 1. The molecule has 0 saturated carbocycles. The van der Waals surface area contributed by atoms with Gasteiger partial charge in [0.1, 0.15) is 11.5 Å². The minimum atomic E-state index is -0.286. The number of methoxy groups -OCH3 is 1. The Hall–Kier alpha value is -3.00. The van der Waals surface area contributed by atoms with E-state index in [9.17, 15) is 4.79 Å². The van der Waals surface area contributed by atoms with Crippen LogP contribution in [0.2, 0.25) is 0 Å². The highest BCUT2D eigenvalue weighted by molar-refractivity contribution is 7.99. The Morgan fingerprint density at radius 1 is 1.06 bits per heavy atom. The van der Waals surface area contributed by atoms with Crippen molar-refractivity contribution in [3.8, 4) is 11.5 Å². The van der Waals surface area contributed by atoms with E-state index in [0.717, 1.165) is 23.7 Å². The lowest BCUT2D eigenvalue weighted by molar-refractivity contribution is -0.113. The average Bonchev–Trinajstić information content (AvgIpc) is 3.20. The van der Waals surface area contributed by atoms with Crippen LogP contribution in [-0.4, -0.2) is 33.5 Å². The van der Waals surface area contributed by atoms with Crippen LogP contribution < -0.4 is 14.8 Å². The molecule has 1 unspecified atom stereocenters. The van der Waals surface area contributed by atoms with Crippen LogP contribution in [0.5, 0.6) is 11.5 Å². The molecule has 1 amide bonds. The lowest BCUT2D eigenvalue weighted by atomic mass is 10.0. The standard InChI is InChI=1S/C27H36N4O3S/c1-17(2)15-31-26(20(6)34-22-11-9-21(10-12-22)18(3)4)29-30-27(31)35-16-25(32)28-23-14-19(5)8-13-24(23)33-7/h8-14,17-18,20H,15-16H2,1-7H3,(H,28,32). The predicted molar refractivity (Wildman–Crippen MR) is 142 cm³/mol. The summed E-state index contributed by atoms with van der Waals surface area (Å²) in [6.07, 6.45) is -0.286. The number of aromatic nitrogens is 3. The number of aryl methyl sites for hydroxylation is 1. The molecule has 1 heterocycles. The molecule has 7 nitrogen and oxygen atoms in total. The molecule has 0 aliphatic carbocycles. The van der Waals surface area contributed by atoms with Gasteiger partial charge in [-0.05, 0) is 61.1 Å². The third-order valence-electron chi connectivity index (χ3n) is 5.48. The van der Waals surface area contributed by atoms with Gasteiger partial charge in [-0.3, -0.25) is 4.79 Å². The summed E-state index contributed by atoms with van der Waals surface area (Å²) in [6, 6.07) is 13.9. The fourth-order valence-corrected chi connectivity index (χ4v) is 4.42. The smallest absolute Gasteiger partial charge is 0.234 e. The Morgan fingerprint density at radius 2 is 1.77 bits per heavy atom. The van der Waals surface area contributed by atoms with Gasteiger partial charge in [0.2, 0.25) is 5.91 Å². The summed E-state index contributed by atoms with van der Waals surface area (Å²) in [5.74, 6) is 3.10.